The molecule has 1 amide bonds. The van der Waals surface area contributed by atoms with Crippen molar-refractivity contribution >= 4 is 28.2 Å². The molecule has 1 aromatic rings. The smallest absolute Gasteiger partial charge is 0.265 e. The predicted molar refractivity (Wildman–Crippen MR) is 75.5 cm³/mol. The van der Waals surface area contributed by atoms with Crippen LogP contribution in [0.5, 0.6) is 0 Å². The van der Waals surface area contributed by atoms with Gasteiger partial charge < -0.3 is 26.2 Å². The molecule has 0 aliphatic heterocycles. The summed E-state index contributed by atoms with van der Waals surface area (Å²) in [5, 5.41) is 21.1. The zero-order valence-corrected chi connectivity index (χ0v) is 11.9. The molecule has 7 nitrogen and oxygen atoms in total. The number of thiazole rings is 1. The van der Waals surface area contributed by atoms with E-state index >= 15 is 0 Å². The van der Waals surface area contributed by atoms with Gasteiger partial charge in [0.05, 0.1) is 19.3 Å². The van der Waals surface area contributed by atoms with Crippen molar-refractivity contribution in [2.45, 2.75) is 19.9 Å². The van der Waals surface area contributed by atoms with Crippen LogP contribution in [0.2, 0.25) is 0 Å². The van der Waals surface area contributed by atoms with Gasteiger partial charge in [-0.15, -0.1) is 0 Å². The zero-order valence-electron chi connectivity index (χ0n) is 11.1. The van der Waals surface area contributed by atoms with Crippen LogP contribution >= 0.6 is 11.3 Å². The van der Waals surface area contributed by atoms with Crippen molar-refractivity contribution in [3.63, 3.8) is 0 Å². The van der Waals surface area contributed by atoms with Gasteiger partial charge in [0.15, 0.2) is 5.13 Å². The second-order valence-corrected chi connectivity index (χ2v) is 4.90. The minimum absolute atomic E-state index is 0.166. The van der Waals surface area contributed by atoms with Crippen LogP contribution in [0.25, 0.3) is 0 Å². The van der Waals surface area contributed by atoms with Gasteiger partial charge in [0.2, 0.25) is 0 Å². The third kappa shape index (κ3) is 3.79. The maximum atomic E-state index is 11.9. The van der Waals surface area contributed by atoms with E-state index in [2.05, 4.69) is 10.3 Å². The number of carbonyl (C=O) groups is 1. The Morgan fingerprint density at radius 2 is 2.00 bits per heavy atom. The van der Waals surface area contributed by atoms with Crippen LogP contribution in [-0.2, 0) is 0 Å². The summed E-state index contributed by atoms with van der Waals surface area (Å²) in [6.45, 7) is 4.89. The number of aromatic nitrogens is 1. The molecule has 0 atom stereocenters. The van der Waals surface area contributed by atoms with E-state index in [9.17, 15) is 4.79 Å². The number of nitrogen functional groups attached to an aromatic ring is 1. The molecule has 0 unspecified atom stereocenters. The van der Waals surface area contributed by atoms with Crippen molar-refractivity contribution in [1.82, 2.24) is 10.3 Å². The van der Waals surface area contributed by atoms with E-state index in [1.165, 1.54) is 11.3 Å². The largest absolute Gasteiger partial charge is 0.394 e. The van der Waals surface area contributed by atoms with Crippen LogP contribution in [-0.4, -0.2) is 53.4 Å². The highest BCUT2D eigenvalue weighted by atomic mass is 32.1. The quantitative estimate of drug-likeness (QED) is 0.546. The molecule has 1 rings (SSSR count). The number of anilines is 2. The molecule has 1 aromatic heterocycles. The molecule has 0 aliphatic rings. The molecule has 8 heteroatoms. The Hall–Kier alpha value is -1.38. The lowest BCUT2D eigenvalue weighted by Gasteiger charge is -2.16. The van der Waals surface area contributed by atoms with Crippen molar-refractivity contribution in [1.29, 1.82) is 0 Å². The fraction of sp³-hybridized carbons (Fsp3) is 0.636. The molecular formula is C11H20N4O3S. The number of rotatable bonds is 7. The first-order chi connectivity index (χ1) is 9.07. The Morgan fingerprint density at radius 1 is 1.42 bits per heavy atom. The number of hydrogen-bond donors (Lipinski definition) is 4. The molecule has 0 saturated carbocycles. The van der Waals surface area contributed by atoms with Crippen molar-refractivity contribution < 1.29 is 15.0 Å². The standard InChI is InChI=1S/C11H20N4O3S/c1-3-15(4-2)11-14-9(12)8(19-11)10(18)13-7(5-16)6-17/h7,16-17H,3-6,12H2,1-2H3,(H,13,18). The Kier molecular flexibility index (Phi) is 6.00. The first-order valence-corrected chi connectivity index (χ1v) is 6.92. The number of nitrogens with two attached hydrogens (primary N) is 1. The van der Waals surface area contributed by atoms with Gasteiger partial charge in [0.1, 0.15) is 10.7 Å². The highest BCUT2D eigenvalue weighted by Crippen LogP contribution is 2.27. The summed E-state index contributed by atoms with van der Waals surface area (Å²) in [5.41, 5.74) is 5.73. The molecule has 0 fully saturated rings. The summed E-state index contributed by atoms with van der Waals surface area (Å²) in [4.78, 5) is 18.4. The van der Waals surface area contributed by atoms with E-state index in [0.717, 1.165) is 13.1 Å². The molecule has 5 N–H and O–H groups in total. The average Bonchev–Trinajstić information content (AvgIpc) is 2.79. The molecule has 0 bridgehead atoms. The lowest BCUT2D eigenvalue weighted by Crippen LogP contribution is -2.40. The van der Waals surface area contributed by atoms with Gasteiger partial charge in [0.25, 0.3) is 5.91 Å². The van der Waals surface area contributed by atoms with Crippen molar-refractivity contribution in [3.05, 3.63) is 4.88 Å². The first kappa shape index (κ1) is 15.7. The number of aliphatic hydroxyl groups excluding tert-OH is 2. The summed E-state index contributed by atoms with van der Waals surface area (Å²) in [6, 6.07) is -0.689. The number of carbonyl (C=O) groups excluding carboxylic acids is 1. The molecule has 0 aromatic carbocycles. The van der Waals surface area contributed by atoms with Gasteiger partial charge in [-0.1, -0.05) is 11.3 Å². The summed E-state index contributed by atoms with van der Waals surface area (Å²) in [6.07, 6.45) is 0. The summed E-state index contributed by atoms with van der Waals surface area (Å²) >= 11 is 1.20. The topological polar surface area (TPSA) is 112 Å². The third-order valence-corrected chi connectivity index (χ3v) is 3.79. The van der Waals surface area contributed by atoms with Crippen LogP contribution < -0.4 is 16.0 Å². The average molecular weight is 288 g/mol. The fourth-order valence-electron chi connectivity index (χ4n) is 1.51. The van der Waals surface area contributed by atoms with Gasteiger partial charge in [0, 0.05) is 13.1 Å². The minimum Gasteiger partial charge on any atom is -0.394 e. The van der Waals surface area contributed by atoms with Gasteiger partial charge >= 0.3 is 0 Å². The molecule has 108 valence electrons. The minimum atomic E-state index is -0.689. The summed E-state index contributed by atoms with van der Waals surface area (Å²) in [7, 11) is 0. The van der Waals surface area contributed by atoms with Gasteiger partial charge in [-0.25, -0.2) is 4.98 Å². The summed E-state index contributed by atoms with van der Waals surface area (Å²) < 4.78 is 0. The Balaban J connectivity index is 2.86. The monoisotopic (exact) mass is 288 g/mol. The number of nitrogens with zero attached hydrogens (tertiary/aromatic N) is 2. The van der Waals surface area contributed by atoms with E-state index in [4.69, 9.17) is 15.9 Å². The molecule has 0 aliphatic carbocycles. The van der Waals surface area contributed by atoms with E-state index in [1.807, 2.05) is 18.7 Å². The predicted octanol–water partition coefficient (Wildman–Crippen LogP) is -0.345. The Bertz CT molecular complexity index is 416. The van der Waals surface area contributed by atoms with Gasteiger partial charge in [-0.3, -0.25) is 4.79 Å². The highest BCUT2D eigenvalue weighted by molar-refractivity contribution is 7.18. The van der Waals surface area contributed by atoms with E-state index in [-0.39, 0.29) is 19.0 Å². The van der Waals surface area contributed by atoms with Crippen molar-refractivity contribution in [2.24, 2.45) is 0 Å². The van der Waals surface area contributed by atoms with E-state index in [1.54, 1.807) is 0 Å². The highest BCUT2D eigenvalue weighted by Gasteiger charge is 2.20. The van der Waals surface area contributed by atoms with Crippen molar-refractivity contribution in [3.8, 4) is 0 Å². The lowest BCUT2D eigenvalue weighted by molar-refractivity contribution is 0.0884. The van der Waals surface area contributed by atoms with Gasteiger partial charge in [-0.2, -0.15) is 0 Å². The first-order valence-electron chi connectivity index (χ1n) is 6.11. The second kappa shape index (κ2) is 7.27. The molecule has 19 heavy (non-hydrogen) atoms. The normalized spacial score (nSPS) is 10.8. The van der Waals surface area contributed by atoms with Crippen LogP contribution in [0.3, 0.4) is 0 Å². The molecular weight excluding hydrogens is 268 g/mol. The lowest BCUT2D eigenvalue weighted by atomic mass is 10.3. The zero-order chi connectivity index (χ0) is 14.4. The maximum absolute atomic E-state index is 11.9. The molecule has 0 radical (unpaired) electrons. The molecule has 0 saturated heterocycles. The van der Waals surface area contributed by atoms with Crippen LogP contribution in [0, 0.1) is 0 Å². The Labute approximate surface area is 116 Å². The van der Waals surface area contributed by atoms with Gasteiger partial charge in [-0.05, 0) is 13.8 Å². The SMILES string of the molecule is CCN(CC)c1nc(N)c(C(=O)NC(CO)CO)s1. The number of hydrogen-bond acceptors (Lipinski definition) is 7. The van der Waals surface area contributed by atoms with Crippen LogP contribution in [0.15, 0.2) is 0 Å². The molecule has 0 spiro atoms. The second-order valence-electron chi connectivity index (χ2n) is 3.92. The Morgan fingerprint density at radius 3 is 2.47 bits per heavy atom. The van der Waals surface area contributed by atoms with Crippen LogP contribution in [0.4, 0.5) is 10.9 Å². The maximum Gasteiger partial charge on any atom is 0.265 e. The van der Waals surface area contributed by atoms with Crippen molar-refractivity contribution in [2.75, 3.05) is 36.9 Å². The third-order valence-electron chi connectivity index (χ3n) is 2.66. The number of nitrogens with one attached hydrogen (secondary N) is 1. The number of amides is 1. The van der Waals surface area contributed by atoms with E-state index in [0.29, 0.717) is 10.0 Å². The van der Waals surface area contributed by atoms with Crippen LogP contribution in [0.1, 0.15) is 23.5 Å². The van der Waals surface area contributed by atoms with E-state index < -0.39 is 11.9 Å². The molecule has 1 heterocycles. The summed E-state index contributed by atoms with van der Waals surface area (Å²) in [5.74, 6) is -0.263. The fourth-order valence-corrected chi connectivity index (χ4v) is 2.53. The number of aliphatic hydroxyl groups is 2.